The third-order valence-corrected chi connectivity index (χ3v) is 3.48. The van der Waals surface area contributed by atoms with Gasteiger partial charge < -0.3 is 10.4 Å². The minimum atomic E-state index is -0.953. The number of aryl methyl sites for hydroxylation is 2. The van der Waals surface area contributed by atoms with Crippen LogP contribution in [0.4, 0.5) is 5.82 Å². The molecule has 0 aliphatic rings. The topological polar surface area (TPSA) is 62.2 Å². The van der Waals surface area contributed by atoms with Gasteiger partial charge in [-0.15, -0.1) is 0 Å². The normalized spacial score (nSPS) is 12.0. The summed E-state index contributed by atoms with van der Waals surface area (Å²) in [7, 11) is 0. The van der Waals surface area contributed by atoms with Crippen molar-refractivity contribution in [2.24, 2.45) is 0 Å². The summed E-state index contributed by atoms with van der Waals surface area (Å²) in [6.07, 6.45) is 0.845. The molecule has 0 saturated carbocycles. The van der Waals surface area contributed by atoms with Gasteiger partial charge in [-0.3, -0.25) is 0 Å². The first-order valence-corrected chi connectivity index (χ1v) is 7.06. The largest absolute Gasteiger partial charge is 0.478 e. The molecule has 4 heteroatoms. The van der Waals surface area contributed by atoms with Crippen LogP contribution >= 0.6 is 0 Å². The van der Waals surface area contributed by atoms with E-state index in [1.807, 2.05) is 37.3 Å². The van der Waals surface area contributed by atoms with Gasteiger partial charge in [0.2, 0.25) is 0 Å². The van der Waals surface area contributed by atoms with Gasteiger partial charge in [0, 0.05) is 5.69 Å². The maximum atomic E-state index is 11.5. The predicted molar refractivity (Wildman–Crippen MR) is 83.8 cm³/mol. The predicted octanol–water partition coefficient (Wildman–Crippen LogP) is 3.96. The first-order chi connectivity index (χ1) is 10.0. The zero-order valence-electron chi connectivity index (χ0n) is 12.6. The first kappa shape index (κ1) is 15.0. The Labute approximate surface area is 124 Å². The molecule has 110 valence electrons. The lowest BCUT2D eigenvalue weighted by molar-refractivity contribution is 0.0696. The summed E-state index contributed by atoms with van der Waals surface area (Å²) in [6, 6.07) is 11.8. The maximum Gasteiger partial charge on any atom is 0.339 e. The van der Waals surface area contributed by atoms with Crippen molar-refractivity contribution in [3.05, 3.63) is 58.8 Å². The average molecular weight is 284 g/mol. The van der Waals surface area contributed by atoms with Crippen LogP contribution in [0.1, 0.15) is 46.6 Å². The fraction of sp³-hybridized carbons (Fsp3) is 0.294. The summed E-state index contributed by atoms with van der Waals surface area (Å²) >= 11 is 0. The van der Waals surface area contributed by atoms with Crippen LogP contribution in [0.2, 0.25) is 0 Å². The zero-order valence-corrected chi connectivity index (χ0v) is 12.6. The fourth-order valence-electron chi connectivity index (χ4n) is 2.48. The molecule has 4 nitrogen and oxygen atoms in total. The molecule has 1 atom stereocenters. The van der Waals surface area contributed by atoms with E-state index in [9.17, 15) is 9.90 Å². The van der Waals surface area contributed by atoms with E-state index in [0.29, 0.717) is 5.82 Å². The van der Waals surface area contributed by atoms with Gasteiger partial charge in [0.25, 0.3) is 0 Å². The van der Waals surface area contributed by atoms with Crippen molar-refractivity contribution in [3.8, 4) is 0 Å². The second-order valence-electron chi connectivity index (χ2n) is 5.13. The molecule has 2 aromatic rings. The standard InChI is InChI=1S/C17H20N2O2/c1-4-14(13-8-6-5-7-9-13)19-16-15(17(20)21)11(2)10-12(3)18-16/h5-10,14H,4H2,1-3H3,(H,18,19)(H,20,21). The SMILES string of the molecule is CCC(Nc1nc(C)cc(C)c1C(=O)O)c1ccccc1. The van der Waals surface area contributed by atoms with Crippen LogP contribution in [-0.4, -0.2) is 16.1 Å². The quantitative estimate of drug-likeness (QED) is 0.872. The van der Waals surface area contributed by atoms with Crippen LogP contribution in [0.15, 0.2) is 36.4 Å². The Morgan fingerprint density at radius 3 is 2.52 bits per heavy atom. The lowest BCUT2D eigenvalue weighted by atomic mass is 10.0. The summed E-state index contributed by atoms with van der Waals surface area (Å²) in [4.78, 5) is 15.9. The number of anilines is 1. The van der Waals surface area contributed by atoms with E-state index in [4.69, 9.17) is 0 Å². The summed E-state index contributed by atoms with van der Waals surface area (Å²) in [5, 5.41) is 12.7. The molecule has 0 aliphatic carbocycles. The second-order valence-corrected chi connectivity index (χ2v) is 5.13. The average Bonchev–Trinajstić information content (AvgIpc) is 2.44. The van der Waals surface area contributed by atoms with Gasteiger partial charge in [0.1, 0.15) is 11.4 Å². The van der Waals surface area contributed by atoms with E-state index in [-0.39, 0.29) is 11.6 Å². The van der Waals surface area contributed by atoms with E-state index in [1.165, 1.54) is 0 Å². The highest BCUT2D eigenvalue weighted by molar-refractivity contribution is 5.94. The van der Waals surface area contributed by atoms with Crippen molar-refractivity contribution in [2.45, 2.75) is 33.2 Å². The number of nitrogens with one attached hydrogen (secondary N) is 1. The number of benzene rings is 1. The third-order valence-electron chi connectivity index (χ3n) is 3.48. The molecule has 0 fully saturated rings. The van der Waals surface area contributed by atoms with E-state index in [1.54, 1.807) is 13.0 Å². The number of rotatable bonds is 5. The molecule has 2 N–H and O–H groups in total. The smallest absolute Gasteiger partial charge is 0.339 e. The van der Waals surface area contributed by atoms with Crippen LogP contribution in [0.3, 0.4) is 0 Å². The monoisotopic (exact) mass is 284 g/mol. The molecule has 1 aromatic heterocycles. The number of carbonyl (C=O) groups is 1. The number of pyridine rings is 1. The molecule has 1 unspecified atom stereocenters. The second kappa shape index (κ2) is 6.39. The minimum absolute atomic E-state index is 0.0398. The van der Waals surface area contributed by atoms with Crippen LogP contribution in [0.25, 0.3) is 0 Å². The highest BCUT2D eigenvalue weighted by atomic mass is 16.4. The molecule has 1 heterocycles. The van der Waals surface area contributed by atoms with E-state index in [2.05, 4.69) is 17.2 Å². The highest BCUT2D eigenvalue weighted by Crippen LogP contribution is 2.25. The van der Waals surface area contributed by atoms with Crippen molar-refractivity contribution in [1.82, 2.24) is 4.98 Å². The van der Waals surface area contributed by atoms with E-state index in [0.717, 1.165) is 23.2 Å². The van der Waals surface area contributed by atoms with Gasteiger partial charge in [0.15, 0.2) is 0 Å². The third kappa shape index (κ3) is 3.40. The first-order valence-electron chi connectivity index (χ1n) is 7.06. The van der Waals surface area contributed by atoms with Crippen molar-refractivity contribution >= 4 is 11.8 Å². The van der Waals surface area contributed by atoms with Crippen LogP contribution < -0.4 is 5.32 Å². The Hall–Kier alpha value is -2.36. The van der Waals surface area contributed by atoms with Gasteiger partial charge in [-0.2, -0.15) is 0 Å². The van der Waals surface area contributed by atoms with Crippen LogP contribution in [0.5, 0.6) is 0 Å². The van der Waals surface area contributed by atoms with Crippen LogP contribution in [-0.2, 0) is 0 Å². The Bertz CT molecular complexity index is 639. The number of carboxylic acid groups (broad SMARTS) is 1. The fourth-order valence-corrected chi connectivity index (χ4v) is 2.48. The molecule has 0 bridgehead atoms. The van der Waals surface area contributed by atoms with E-state index < -0.39 is 5.97 Å². The lowest BCUT2D eigenvalue weighted by Crippen LogP contribution is -2.15. The lowest BCUT2D eigenvalue weighted by Gasteiger charge is -2.20. The number of aromatic nitrogens is 1. The summed E-state index contributed by atoms with van der Waals surface area (Å²) in [5.41, 5.74) is 2.90. The number of nitrogens with zero attached hydrogens (tertiary/aromatic N) is 1. The van der Waals surface area contributed by atoms with E-state index >= 15 is 0 Å². The molecule has 1 aromatic carbocycles. The van der Waals surface area contributed by atoms with Crippen molar-refractivity contribution in [3.63, 3.8) is 0 Å². The molecule has 2 rings (SSSR count). The van der Waals surface area contributed by atoms with Crippen molar-refractivity contribution < 1.29 is 9.90 Å². The van der Waals surface area contributed by atoms with Gasteiger partial charge in [-0.05, 0) is 37.5 Å². The Balaban J connectivity index is 2.40. The van der Waals surface area contributed by atoms with Crippen molar-refractivity contribution in [1.29, 1.82) is 0 Å². The Morgan fingerprint density at radius 2 is 1.95 bits per heavy atom. The maximum absolute atomic E-state index is 11.5. The van der Waals surface area contributed by atoms with Crippen molar-refractivity contribution in [2.75, 3.05) is 5.32 Å². The summed E-state index contributed by atoms with van der Waals surface area (Å²) in [5.74, 6) is -0.513. The molecule has 0 radical (unpaired) electrons. The summed E-state index contributed by atoms with van der Waals surface area (Å²) < 4.78 is 0. The van der Waals surface area contributed by atoms with Gasteiger partial charge >= 0.3 is 5.97 Å². The molecular formula is C17H20N2O2. The number of hydrogen-bond donors (Lipinski definition) is 2. The highest BCUT2D eigenvalue weighted by Gasteiger charge is 2.18. The number of aromatic carboxylic acids is 1. The molecular weight excluding hydrogens is 264 g/mol. The number of carboxylic acids is 1. The number of hydrogen-bond acceptors (Lipinski definition) is 3. The molecule has 0 aliphatic heterocycles. The van der Waals surface area contributed by atoms with Crippen LogP contribution in [0, 0.1) is 13.8 Å². The molecule has 21 heavy (non-hydrogen) atoms. The van der Waals surface area contributed by atoms with Gasteiger partial charge in [-0.1, -0.05) is 37.3 Å². The molecule has 0 amide bonds. The van der Waals surface area contributed by atoms with Gasteiger partial charge in [0.05, 0.1) is 6.04 Å². The zero-order chi connectivity index (χ0) is 15.4. The Morgan fingerprint density at radius 1 is 1.29 bits per heavy atom. The minimum Gasteiger partial charge on any atom is -0.478 e. The molecule has 0 spiro atoms. The Kier molecular flexibility index (Phi) is 4.58. The molecule has 0 saturated heterocycles. The summed E-state index contributed by atoms with van der Waals surface area (Å²) in [6.45, 7) is 5.73. The van der Waals surface area contributed by atoms with Gasteiger partial charge in [-0.25, -0.2) is 9.78 Å².